The third-order valence-electron chi connectivity index (χ3n) is 4.61. The van der Waals surface area contributed by atoms with Gasteiger partial charge in [0.2, 0.25) is 0 Å². The molecule has 0 saturated heterocycles. The summed E-state index contributed by atoms with van der Waals surface area (Å²) in [6, 6.07) is 3.61. The molecular formula is C16H26ClN3OSi. The summed E-state index contributed by atoms with van der Waals surface area (Å²) in [6.45, 7) is 12.1. The molecule has 1 aromatic heterocycles. The van der Waals surface area contributed by atoms with Gasteiger partial charge >= 0.3 is 0 Å². The molecule has 1 heterocycles. The van der Waals surface area contributed by atoms with Crippen LogP contribution in [0.2, 0.25) is 23.2 Å². The van der Waals surface area contributed by atoms with E-state index in [9.17, 15) is 0 Å². The highest BCUT2D eigenvalue weighted by molar-refractivity contribution is 6.74. The number of halogens is 1. The number of H-pyrrole nitrogens is 1. The van der Waals surface area contributed by atoms with Crippen LogP contribution >= 0.6 is 11.6 Å². The summed E-state index contributed by atoms with van der Waals surface area (Å²) in [4.78, 5) is 0. The minimum absolute atomic E-state index is 0.242. The summed E-state index contributed by atoms with van der Waals surface area (Å²) in [6.07, 6.45) is 1.80. The predicted octanol–water partition coefficient (Wildman–Crippen LogP) is 4.75. The average Bonchev–Trinajstić information content (AvgIpc) is 2.83. The van der Waals surface area contributed by atoms with Crippen molar-refractivity contribution in [3.8, 4) is 0 Å². The van der Waals surface area contributed by atoms with E-state index in [-0.39, 0.29) is 5.04 Å². The number of aromatic nitrogens is 2. The Hall–Kier alpha value is -1.04. The minimum Gasteiger partial charge on any atom is -0.417 e. The van der Waals surface area contributed by atoms with Gasteiger partial charge in [-0.15, -0.1) is 0 Å². The van der Waals surface area contributed by atoms with E-state index >= 15 is 0 Å². The Labute approximate surface area is 138 Å². The smallest absolute Gasteiger partial charge is 0.191 e. The second-order valence-corrected chi connectivity index (χ2v) is 12.5. The highest BCUT2D eigenvalue weighted by atomic mass is 35.5. The van der Waals surface area contributed by atoms with Crippen LogP contribution in [0, 0.1) is 0 Å². The van der Waals surface area contributed by atoms with Gasteiger partial charge in [0.05, 0.1) is 5.02 Å². The molecule has 3 N–H and O–H groups in total. The first kappa shape index (κ1) is 17.3. The van der Waals surface area contributed by atoms with E-state index in [0.717, 1.165) is 36.0 Å². The summed E-state index contributed by atoms with van der Waals surface area (Å²) in [5, 5.41) is 9.16. The third-order valence-corrected chi connectivity index (χ3v) is 9.45. The van der Waals surface area contributed by atoms with Gasteiger partial charge in [0.25, 0.3) is 0 Å². The summed E-state index contributed by atoms with van der Waals surface area (Å²) in [5.41, 5.74) is 8.56. The fraction of sp³-hybridized carbons (Fsp3) is 0.562. The topological polar surface area (TPSA) is 63.9 Å². The number of benzene rings is 1. The number of rotatable bonds is 5. The largest absolute Gasteiger partial charge is 0.417 e. The fourth-order valence-corrected chi connectivity index (χ4v) is 3.45. The molecule has 0 aliphatic rings. The molecule has 0 unspecified atom stereocenters. The van der Waals surface area contributed by atoms with Crippen LogP contribution < -0.4 is 5.73 Å². The van der Waals surface area contributed by atoms with Crippen molar-refractivity contribution < 1.29 is 4.43 Å². The minimum atomic E-state index is -1.67. The van der Waals surface area contributed by atoms with Crippen molar-refractivity contribution in [3.63, 3.8) is 0 Å². The number of nitrogen functional groups attached to an aromatic ring is 1. The summed E-state index contributed by atoms with van der Waals surface area (Å²) in [7, 11) is -1.67. The molecule has 122 valence electrons. The van der Waals surface area contributed by atoms with Crippen molar-refractivity contribution in [3.05, 3.63) is 22.8 Å². The number of nitrogens with two attached hydrogens (primary N) is 1. The van der Waals surface area contributed by atoms with Gasteiger partial charge in [0.1, 0.15) is 5.52 Å². The number of aromatic amines is 1. The molecule has 2 rings (SSSR count). The lowest BCUT2D eigenvalue weighted by Gasteiger charge is -2.36. The molecule has 6 heteroatoms. The number of nitrogens with zero attached hydrogens (tertiary/aromatic N) is 1. The van der Waals surface area contributed by atoms with Crippen molar-refractivity contribution in [2.24, 2.45) is 0 Å². The van der Waals surface area contributed by atoms with Crippen LogP contribution in [0.15, 0.2) is 12.1 Å². The Morgan fingerprint density at radius 3 is 2.64 bits per heavy atom. The first-order valence-corrected chi connectivity index (χ1v) is 11.0. The molecule has 0 fully saturated rings. The van der Waals surface area contributed by atoms with Crippen LogP contribution in [0.5, 0.6) is 0 Å². The van der Waals surface area contributed by atoms with Crippen LogP contribution in [-0.4, -0.2) is 25.1 Å². The van der Waals surface area contributed by atoms with Crippen molar-refractivity contribution >= 4 is 36.5 Å². The Kier molecular flexibility index (Phi) is 4.89. The molecule has 0 spiro atoms. The van der Waals surface area contributed by atoms with E-state index in [2.05, 4.69) is 44.1 Å². The van der Waals surface area contributed by atoms with Crippen molar-refractivity contribution in [2.75, 3.05) is 12.3 Å². The second-order valence-electron chi connectivity index (χ2n) is 7.27. The Morgan fingerprint density at radius 1 is 1.32 bits per heavy atom. The number of fused-ring (bicyclic) bond motifs is 1. The Bertz CT molecular complexity index is 661. The maximum absolute atomic E-state index is 6.21. The van der Waals surface area contributed by atoms with Crippen molar-refractivity contribution in [1.82, 2.24) is 10.2 Å². The first-order valence-electron chi connectivity index (χ1n) is 7.68. The van der Waals surface area contributed by atoms with Gasteiger partial charge in [-0.05, 0) is 43.1 Å². The van der Waals surface area contributed by atoms with E-state index in [1.165, 1.54) is 0 Å². The molecule has 0 aliphatic heterocycles. The molecule has 0 amide bonds. The molecule has 0 bridgehead atoms. The van der Waals surface area contributed by atoms with Crippen molar-refractivity contribution in [1.29, 1.82) is 0 Å². The van der Waals surface area contributed by atoms with Crippen LogP contribution in [0.1, 0.15) is 32.9 Å². The molecule has 2 aromatic rings. The fourth-order valence-electron chi connectivity index (χ4n) is 2.16. The predicted molar refractivity (Wildman–Crippen MR) is 97.0 cm³/mol. The van der Waals surface area contributed by atoms with Gasteiger partial charge in [0, 0.05) is 23.4 Å². The highest BCUT2D eigenvalue weighted by Crippen LogP contribution is 2.36. The van der Waals surface area contributed by atoms with Gasteiger partial charge in [-0.25, -0.2) is 0 Å². The summed E-state index contributed by atoms with van der Waals surface area (Å²) in [5.74, 6) is 0. The summed E-state index contributed by atoms with van der Waals surface area (Å²) < 4.78 is 6.21. The number of anilines is 1. The molecule has 4 nitrogen and oxygen atoms in total. The number of hydrogen-bond donors (Lipinski definition) is 2. The third kappa shape index (κ3) is 3.47. The standard InChI is InChI=1S/C16H26ClN3OSi/c1-16(2,3)22(4,5)21-10-6-7-13-14-12(18)9-8-11(17)15(14)20-19-13/h8-9H,6-7,10,18H2,1-5H3,(H,19,20). The van der Waals surface area contributed by atoms with Crippen LogP contribution in [0.3, 0.4) is 0 Å². The normalized spacial score (nSPS) is 13.0. The maximum Gasteiger partial charge on any atom is 0.191 e. The maximum atomic E-state index is 6.21. The monoisotopic (exact) mass is 339 g/mol. The SMILES string of the molecule is CC(C)(C)[Si](C)(C)OCCCc1[nH]nc2c(Cl)ccc(N)c12. The molecular weight excluding hydrogens is 314 g/mol. The zero-order valence-electron chi connectivity index (χ0n) is 14.1. The summed E-state index contributed by atoms with van der Waals surface area (Å²) >= 11 is 6.16. The Balaban J connectivity index is 2.01. The lowest BCUT2D eigenvalue weighted by molar-refractivity contribution is 0.282. The average molecular weight is 340 g/mol. The highest BCUT2D eigenvalue weighted by Gasteiger charge is 2.36. The quantitative estimate of drug-likeness (QED) is 0.469. The molecule has 0 saturated carbocycles. The van der Waals surface area contributed by atoms with Crippen LogP contribution in [-0.2, 0) is 10.8 Å². The molecule has 1 aromatic carbocycles. The van der Waals surface area contributed by atoms with Gasteiger partial charge in [0.15, 0.2) is 8.32 Å². The molecule has 0 aliphatic carbocycles. The molecule has 22 heavy (non-hydrogen) atoms. The van der Waals surface area contributed by atoms with Gasteiger partial charge < -0.3 is 10.2 Å². The van der Waals surface area contributed by atoms with E-state index < -0.39 is 8.32 Å². The van der Waals surface area contributed by atoms with Gasteiger partial charge in [-0.2, -0.15) is 5.10 Å². The van der Waals surface area contributed by atoms with E-state index in [1.807, 2.05) is 6.07 Å². The zero-order chi connectivity index (χ0) is 16.5. The van der Waals surface area contributed by atoms with Gasteiger partial charge in [-0.1, -0.05) is 32.4 Å². The Morgan fingerprint density at radius 2 is 2.00 bits per heavy atom. The van der Waals surface area contributed by atoms with Gasteiger partial charge in [-0.3, -0.25) is 5.10 Å². The second kappa shape index (κ2) is 6.22. The van der Waals surface area contributed by atoms with E-state index in [1.54, 1.807) is 6.07 Å². The molecule has 0 radical (unpaired) electrons. The van der Waals surface area contributed by atoms with Crippen LogP contribution in [0.4, 0.5) is 5.69 Å². The molecule has 0 atom stereocenters. The van der Waals surface area contributed by atoms with E-state index in [4.69, 9.17) is 21.8 Å². The number of hydrogen-bond acceptors (Lipinski definition) is 3. The van der Waals surface area contributed by atoms with Crippen molar-refractivity contribution in [2.45, 2.75) is 51.7 Å². The zero-order valence-corrected chi connectivity index (χ0v) is 15.8. The van der Waals surface area contributed by atoms with Crippen LogP contribution in [0.25, 0.3) is 10.9 Å². The number of aryl methyl sites for hydroxylation is 1. The number of nitrogens with one attached hydrogen (secondary N) is 1. The first-order chi connectivity index (χ1) is 10.1. The lowest BCUT2D eigenvalue weighted by Crippen LogP contribution is -2.41. The van der Waals surface area contributed by atoms with E-state index in [0.29, 0.717) is 10.7 Å². The lowest BCUT2D eigenvalue weighted by atomic mass is 10.1.